The molecule has 0 N–H and O–H groups in total. The molecule has 2 bridgehead atoms. The highest BCUT2D eigenvalue weighted by Gasteiger charge is 2.62. The summed E-state index contributed by atoms with van der Waals surface area (Å²) in [5, 5.41) is 0. The van der Waals surface area contributed by atoms with Gasteiger partial charge in [0.2, 0.25) is 11.8 Å². The van der Waals surface area contributed by atoms with Crippen molar-refractivity contribution in [1.29, 1.82) is 0 Å². The Bertz CT molecular complexity index is 1400. The van der Waals surface area contributed by atoms with Gasteiger partial charge in [0.05, 0.1) is 24.1 Å². The molecule has 3 aromatic rings. The molecule has 1 fully saturated rings. The van der Waals surface area contributed by atoms with E-state index in [-0.39, 0.29) is 34.5 Å². The van der Waals surface area contributed by atoms with E-state index >= 15 is 0 Å². The minimum absolute atomic E-state index is 0.00741. The SMILES string of the molecule is CCCCOc1ccc(N2C(=O)[C@H]3[C@H]4c5ccc(C(C)(C)C)cc5[C@H](c5ccc(C(C)(C)C)cc54)[C@@H]3C2=O)cc1. The Morgan fingerprint density at radius 3 is 1.57 bits per heavy atom. The van der Waals surface area contributed by atoms with Gasteiger partial charge in [-0.15, -0.1) is 0 Å². The zero-order chi connectivity index (χ0) is 28.6. The molecule has 4 atom stereocenters. The molecule has 208 valence electrons. The van der Waals surface area contributed by atoms with Crippen LogP contribution in [0, 0.1) is 11.8 Å². The molecule has 2 amide bonds. The van der Waals surface area contributed by atoms with E-state index in [4.69, 9.17) is 4.74 Å². The number of benzene rings is 3. The van der Waals surface area contributed by atoms with E-state index in [2.05, 4.69) is 84.9 Å². The second-order valence-corrected chi connectivity index (χ2v) is 13.9. The number of hydrogen-bond acceptors (Lipinski definition) is 3. The van der Waals surface area contributed by atoms with Gasteiger partial charge in [0.1, 0.15) is 5.75 Å². The van der Waals surface area contributed by atoms with E-state index < -0.39 is 11.8 Å². The molecular formula is C36H41NO3. The van der Waals surface area contributed by atoms with Gasteiger partial charge < -0.3 is 4.74 Å². The van der Waals surface area contributed by atoms with Crippen LogP contribution < -0.4 is 9.64 Å². The van der Waals surface area contributed by atoms with Crippen LogP contribution in [0.1, 0.15) is 107 Å². The van der Waals surface area contributed by atoms with Crippen LogP contribution in [0.15, 0.2) is 60.7 Å². The van der Waals surface area contributed by atoms with E-state index in [0.29, 0.717) is 12.3 Å². The fourth-order valence-corrected chi connectivity index (χ4v) is 6.99. The second kappa shape index (κ2) is 9.33. The number of hydrogen-bond donors (Lipinski definition) is 0. The van der Waals surface area contributed by atoms with Crippen molar-refractivity contribution in [3.63, 3.8) is 0 Å². The van der Waals surface area contributed by atoms with Crippen LogP contribution in [0.5, 0.6) is 5.75 Å². The number of carbonyl (C=O) groups is 2. The molecule has 40 heavy (non-hydrogen) atoms. The third-order valence-corrected chi connectivity index (χ3v) is 9.22. The predicted octanol–water partition coefficient (Wildman–Crippen LogP) is 7.86. The van der Waals surface area contributed by atoms with Crippen molar-refractivity contribution in [2.75, 3.05) is 11.5 Å². The molecule has 1 aliphatic heterocycles. The third-order valence-electron chi connectivity index (χ3n) is 9.22. The molecule has 4 heteroatoms. The lowest BCUT2D eigenvalue weighted by Gasteiger charge is -2.47. The van der Waals surface area contributed by atoms with Crippen LogP contribution in [-0.4, -0.2) is 18.4 Å². The summed E-state index contributed by atoms with van der Waals surface area (Å²) in [5.41, 5.74) is 7.99. The van der Waals surface area contributed by atoms with Crippen LogP contribution >= 0.6 is 0 Å². The van der Waals surface area contributed by atoms with E-state index in [1.165, 1.54) is 38.3 Å². The number of anilines is 1. The molecule has 0 radical (unpaired) electrons. The predicted molar refractivity (Wildman–Crippen MR) is 160 cm³/mol. The van der Waals surface area contributed by atoms with Gasteiger partial charge in [0, 0.05) is 11.8 Å². The highest BCUT2D eigenvalue weighted by Crippen LogP contribution is 2.62. The number of ether oxygens (including phenoxy) is 1. The minimum atomic E-state index is -0.395. The van der Waals surface area contributed by atoms with Crippen LogP contribution in [0.4, 0.5) is 5.69 Å². The first-order valence-electron chi connectivity index (χ1n) is 14.8. The van der Waals surface area contributed by atoms with Gasteiger partial charge in [-0.1, -0.05) is 91.3 Å². The van der Waals surface area contributed by atoms with Crippen LogP contribution in [0.25, 0.3) is 0 Å². The van der Waals surface area contributed by atoms with E-state index in [1.54, 1.807) is 0 Å². The van der Waals surface area contributed by atoms with E-state index in [0.717, 1.165) is 18.6 Å². The van der Waals surface area contributed by atoms with Crippen molar-refractivity contribution in [3.8, 4) is 5.75 Å². The number of amides is 2. The lowest BCUT2D eigenvalue weighted by atomic mass is 9.54. The number of carbonyl (C=O) groups excluding carboxylic acids is 2. The monoisotopic (exact) mass is 535 g/mol. The zero-order valence-electron chi connectivity index (χ0n) is 24.9. The maximum atomic E-state index is 14.2. The number of rotatable bonds is 5. The van der Waals surface area contributed by atoms with Gasteiger partial charge >= 0.3 is 0 Å². The fraction of sp³-hybridized carbons (Fsp3) is 0.444. The molecule has 4 aliphatic rings. The highest BCUT2D eigenvalue weighted by molar-refractivity contribution is 6.23. The molecule has 0 saturated carbocycles. The van der Waals surface area contributed by atoms with Gasteiger partial charge in [-0.05, 0) is 74.9 Å². The Morgan fingerprint density at radius 1 is 0.675 bits per heavy atom. The zero-order valence-corrected chi connectivity index (χ0v) is 24.9. The van der Waals surface area contributed by atoms with Crippen molar-refractivity contribution in [3.05, 3.63) is 94.0 Å². The number of nitrogens with zero attached hydrogens (tertiary/aromatic N) is 1. The fourth-order valence-electron chi connectivity index (χ4n) is 6.99. The highest BCUT2D eigenvalue weighted by atomic mass is 16.5. The summed E-state index contributed by atoms with van der Waals surface area (Å²) in [4.78, 5) is 29.9. The molecule has 0 unspecified atom stereocenters. The summed E-state index contributed by atoms with van der Waals surface area (Å²) in [6.45, 7) is 16.2. The Balaban J connectivity index is 1.46. The third kappa shape index (κ3) is 4.10. The second-order valence-electron chi connectivity index (χ2n) is 13.9. The van der Waals surface area contributed by atoms with Gasteiger partial charge in [-0.25, -0.2) is 4.90 Å². The van der Waals surface area contributed by atoms with Gasteiger partial charge in [-0.3, -0.25) is 9.59 Å². The minimum Gasteiger partial charge on any atom is -0.494 e. The van der Waals surface area contributed by atoms with Crippen LogP contribution in [0.2, 0.25) is 0 Å². The average molecular weight is 536 g/mol. The van der Waals surface area contributed by atoms with Crippen molar-refractivity contribution in [2.24, 2.45) is 11.8 Å². The van der Waals surface area contributed by atoms with E-state index in [9.17, 15) is 9.59 Å². The van der Waals surface area contributed by atoms with Crippen molar-refractivity contribution >= 4 is 17.5 Å². The Morgan fingerprint density at radius 2 is 1.15 bits per heavy atom. The van der Waals surface area contributed by atoms with Crippen LogP contribution in [0.3, 0.4) is 0 Å². The topological polar surface area (TPSA) is 46.6 Å². The smallest absolute Gasteiger partial charge is 0.238 e. The molecule has 3 aromatic carbocycles. The van der Waals surface area contributed by atoms with Gasteiger partial charge in [0.25, 0.3) is 0 Å². The van der Waals surface area contributed by atoms with Gasteiger partial charge in [0.15, 0.2) is 0 Å². The maximum Gasteiger partial charge on any atom is 0.238 e. The molecule has 0 spiro atoms. The molecule has 1 saturated heterocycles. The molecule has 0 aromatic heterocycles. The molecule has 1 heterocycles. The first kappa shape index (κ1) is 26.8. The summed E-state index contributed by atoms with van der Waals surface area (Å²) in [6, 6.07) is 21.0. The summed E-state index contributed by atoms with van der Waals surface area (Å²) < 4.78 is 5.83. The Kier molecular flexibility index (Phi) is 6.25. The standard InChI is InChI=1S/C36H41NO3/c1-8-9-18-40-24-14-12-23(13-15-24)37-33(38)31-29-26-17-11-22(36(5,6)7)20-28(26)30(32(31)34(37)39)25-16-10-21(19-27(25)29)35(2,3)4/h10-17,19-20,29-32H,8-9,18H2,1-7H3/t29-,30-,31-,32-/m0/s1. The molecule has 7 rings (SSSR count). The Hall–Kier alpha value is -3.40. The maximum absolute atomic E-state index is 14.2. The quantitative estimate of drug-likeness (QED) is 0.247. The normalized spacial score (nSPS) is 23.2. The van der Waals surface area contributed by atoms with E-state index in [1.807, 2.05) is 24.3 Å². The van der Waals surface area contributed by atoms with Crippen molar-refractivity contribution < 1.29 is 14.3 Å². The first-order valence-corrected chi connectivity index (χ1v) is 14.8. The summed E-state index contributed by atoms with van der Waals surface area (Å²) in [7, 11) is 0. The lowest BCUT2D eigenvalue weighted by molar-refractivity contribution is -0.122. The molecule has 4 nitrogen and oxygen atoms in total. The number of unbranched alkanes of at least 4 members (excludes halogenated alkanes) is 1. The van der Waals surface area contributed by atoms with Gasteiger partial charge in [-0.2, -0.15) is 0 Å². The first-order chi connectivity index (χ1) is 18.9. The summed E-state index contributed by atoms with van der Waals surface area (Å²) in [6.07, 6.45) is 2.06. The largest absolute Gasteiger partial charge is 0.494 e. The summed E-state index contributed by atoms with van der Waals surface area (Å²) >= 11 is 0. The summed E-state index contributed by atoms with van der Waals surface area (Å²) in [5.74, 6) is -0.451. The molecule has 3 aliphatic carbocycles. The average Bonchev–Trinajstić information content (AvgIpc) is 3.18. The van der Waals surface area contributed by atoms with Crippen molar-refractivity contribution in [2.45, 2.75) is 84.0 Å². The lowest BCUT2D eigenvalue weighted by Crippen LogP contribution is -2.42. The number of imide groups is 1. The molecular weight excluding hydrogens is 494 g/mol. The Labute approximate surface area is 238 Å². The van der Waals surface area contributed by atoms with Crippen LogP contribution in [-0.2, 0) is 20.4 Å². The van der Waals surface area contributed by atoms with Crippen molar-refractivity contribution in [1.82, 2.24) is 0 Å².